The number of anilines is 2. The van der Waals surface area contributed by atoms with Gasteiger partial charge in [0, 0.05) is 32.2 Å². The van der Waals surface area contributed by atoms with Crippen LogP contribution in [-0.4, -0.2) is 31.5 Å². The van der Waals surface area contributed by atoms with Crippen molar-refractivity contribution >= 4 is 28.2 Å². The largest absolute Gasteiger partial charge is 0.396 e. The van der Waals surface area contributed by atoms with Crippen LogP contribution in [0.2, 0.25) is 0 Å². The van der Waals surface area contributed by atoms with Gasteiger partial charge in [-0.05, 0) is 24.3 Å². The third-order valence-corrected chi connectivity index (χ3v) is 3.46. The summed E-state index contributed by atoms with van der Waals surface area (Å²) in [5.41, 5.74) is 8.71. The first-order chi connectivity index (χ1) is 9.54. The SMILES string of the molecule is CNC(=O)C(C)CN(C)c1ccc2ncccc2c1N. The first-order valence-electron chi connectivity index (χ1n) is 6.60. The molecule has 1 unspecified atom stereocenters. The molecule has 2 aromatic rings. The van der Waals surface area contributed by atoms with Crippen molar-refractivity contribution in [1.29, 1.82) is 0 Å². The van der Waals surface area contributed by atoms with Crippen LogP contribution in [0.25, 0.3) is 10.9 Å². The second kappa shape index (κ2) is 5.77. The number of amides is 1. The van der Waals surface area contributed by atoms with Gasteiger partial charge in [0.2, 0.25) is 5.91 Å². The highest BCUT2D eigenvalue weighted by atomic mass is 16.1. The monoisotopic (exact) mass is 272 g/mol. The third-order valence-electron chi connectivity index (χ3n) is 3.46. The number of nitrogens with two attached hydrogens (primary N) is 1. The van der Waals surface area contributed by atoms with E-state index >= 15 is 0 Å². The van der Waals surface area contributed by atoms with E-state index in [1.807, 2.05) is 43.1 Å². The van der Waals surface area contributed by atoms with Crippen LogP contribution in [0.5, 0.6) is 0 Å². The van der Waals surface area contributed by atoms with Crippen LogP contribution in [0.3, 0.4) is 0 Å². The minimum atomic E-state index is -0.103. The first-order valence-corrected chi connectivity index (χ1v) is 6.60. The molecular weight excluding hydrogens is 252 g/mol. The summed E-state index contributed by atoms with van der Waals surface area (Å²) in [5, 5.41) is 3.59. The van der Waals surface area contributed by atoms with E-state index in [2.05, 4.69) is 10.3 Å². The molecule has 0 spiro atoms. The van der Waals surface area contributed by atoms with Gasteiger partial charge in [0.1, 0.15) is 0 Å². The van der Waals surface area contributed by atoms with Gasteiger partial charge in [-0.15, -0.1) is 0 Å². The van der Waals surface area contributed by atoms with Gasteiger partial charge >= 0.3 is 0 Å². The van der Waals surface area contributed by atoms with Crippen molar-refractivity contribution in [3.63, 3.8) is 0 Å². The molecular formula is C15H20N4O. The van der Waals surface area contributed by atoms with E-state index in [4.69, 9.17) is 5.73 Å². The van der Waals surface area contributed by atoms with Gasteiger partial charge in [-0.1, -0.05) is 6.92 Å². The molecule has 0 bridgehead atoms. The molecule has 106 valence electrons. The summed E-state index contributed by atoms with van der Waals surface area (Å²) in [6.07, 6.45) is 1.75. The molecule has 2 rings (SSSR count). The number of fused-ring (bicyclic) bond motifs is 1. The summed E-state index contributed by atoms with van der Waals surface area (Å²) in [6.45, 7) is 2.50. The Balaban J connectivity index is 2.28. The maximum absolute atomic E-state index is 11.6. The topological polar surface area (TPSA) is 71.2 Å². The molecule has 1 aromatic carbocycles. The summed E-state index contributed by atoms with van der Waals surface area (Å²) in [6, 6.07) is 7.72. The molecule has 1 heterocycles. The Hall–Kier alpha value is -2.30. The summed E-state index contributed by atoms with van der Waals surface area (Å²) in [5.74, 6) is -0.0770. The van der Waals surface area contributed by atoms with Gasteiger partial charge in [-0.25, -0.2) is 0 Å². The van der Waals surface area contributed by atoms with E-state index in [9.17, 15) is 4.79 Å². The minimum absolute atomic E-state index is 0.0258. The number of aromatic nitrogens is 1. The van der Waals surface area contributed by atoms with Gasteiger partial charge < -0.3 is 16.0 Å². The van der Waals surface area contributed by atoms with Crippen LogP contribution in [0, 0.1) is 5.92 Å². The van der Waals surface area contributed by atoms with E-state index in [0.29, 0.717) is 12.2 Å². The van der Waals surface area contributed by atoms with Crippen molar-refractivity contribution in [2.24, 2.45) is 5.92 Å². The average molecular weight is 272 g/mol. The van der Waals surface area contributed by atoms with Gasteiger partial charge in [0.05, 0.1) is 22.8 Å². The maximum atomic E-state index is 11.6. The molecule has 0 aliphatic rings. The highest BCUT2D eigenvalue weighted by Gasteiger charge is 2.16. The molecule has 1 amide bonds. The van der Waals surface area contributed by atoms with Crippen molar-refractivity contribution in [2.45, 2.75) is 6.92 Å². The normalized spacial score (nSPS) is 12.2. The van der Waals surface area contributed by atoms with Crippen LogP contribution < -0.4 is 16.0 Å². The first kappa shape index (κ1) is 14.1. The maximum Gasteiger partial charge on any atom is 0.224 e. The standard InChI is InChI=1S/C15H20N4O/c1-10(15(20)17-2)9-19(3)13-7-6-12-11(14(13)16)5-4-8-18-12/h4-8,10H,9,16H2,1-3H3,(H,17,20). The Morgan fingerprint density at radius 2 is 2.20 bits per heavy atom. The number of rotatable bonds is 4. The fourth-order valence-corrected chi connectivity index (χ4v) is 2.34. The average Bonchev–Trinajstić information content (AvgIpc) is 2.46. The third kappa shape index (κ3) is 2.66. The molecule has 0 saturated heterocycles. The number of nitrogen functional groups attached to an aromatic ring is 1. The summed E-state index contributed by atoms with van der Waals surface area (Å²) in [7, 11) is 3.59. The second-order valence-electron chi connectivity index (χ2n) is 4.96. The molecule has 20 heavy (non-hydrogen) atoms. The molecule has 0 saturated carbocycles. The lowest BCUT2D eigenvalue weighted by Crippen LogP contribution is -2.34. The van der Waals surface area contributed by atoms with Crippen LogP contribution in [0.4, 0.5) is 11.4 Å². The lowest BCUT2D eigenvalue weighted by Gasteiger charge is -2.24. The highest BCUT2D eigenvalue weighted by Crippen LogP contribution is 2.30. The predicted molar refractivity (Wildman–Crippen MR) is 82.7 cm³/mol. The number of pyridine rings is 1. The van der Waals surface area contributed by atoms with Gasteiger partial charge in [-0.2, -0.15) is 0 Å². The minimum Gasteiger partial charge on any atom is -0.396 e. The van der Waals surface area contributed by atoms with Gasteiger partial charge in [-0.3, -0.25) is 9.78 Å². The Morgan fingerprint density at radius 1 is 1.45 bits per heavy atom. The van der Waals surface area contributed by atoms with Crippen molar-refractivity contribution in [3.05, 3.63) is 30.5 Å². The number of nitrogens with zero attached hydrogens (tertiary/aromatic N) is 2. The summed E-state index contributed by atoms with van der Waals surface area (Å²) >= 11 is 0. The number of hydrogen-bond donors (Lipinski definition) is 2. The smallest absolute Gasteiger partial charge is 0.224 e. The predicted octanol–water partition coefficient (Wildman–Crippen LogP) is 1.64. The number of benzene rings is 1. The lowest BCUT2D eigenvalue weighted by molar-refractivity contribution is -0.123. The molecule has 5 heteroatoms. The fraction of sp³-hybridized carbons (Fsp3) is 0.333. The van der Waals surface area contributed by atoms with Gasteiger partial charge in [0.25, 0.3) is 0 Å². The van der Waals surface area contributed by atoms with Crippen LogP contribution in [0.15, 0.2) is 30.5 Å². The molecule has 1 aromatic heterocycles. The molecule has 0 fully saturated rings. The van der Waals surface area contributed by atoms with Crippen LogP contribution in [0.1, 0.15) is 6.92 Å². The number of hydrogen-bond acceptors (Lipinski definition) is 4. The lowest BCUT2D eigenvalue weighted by atomic mass is 10.1. The van der Waals surface area contributed by atoms with Crippen molar-refractivity contribution in [3.8, 4) is 0 Å². The summed E-state index contributed by atoms with van der Waals surface area (Å²) < 4.78 is 0. The number of carbonyl (C=O) groups is 1. The zero-order chi connectivity index (χ0) is 14.7. The van der Waals surface area contributed by atoms with E-state index in [0.717, 1.165) is 16.6 Å². The van der Waals surface area contributed by atoms with Crippen molar-refractivity contribution < 1.29 is 4.79 Å². The Morgan fingerprint density at radius 3 is 2.90 bits per heavy atom. The molecule has 5 nitrogen and oxygen atoms in total. The molecule has 3 N–H and O–H groups in total. The second-order valence-corrected chi connectivity index (χ2v) is 4.96. The Bertz CT molecular complexity index is 626. The van der Waals surface area contributed by atoms with Gasteiger partial charge in [0.15, 0.2) is 0 Å². The van der Waals surface area contributed by atoms with E-state index < -0.39 is 0 Å². The quantitative estimate of drug-likeness (QED) is 0.830. The number of nitrogens with one attached hydrogen (secondary N) is 1. The van der Waals surface area contributed by atoms with Crippen molar-refractivity contribution in [2.75, 3.05) is 31.3 Å². The van der Waals surface area contributed by atoms with E-state index in [1.54, 1.807) is 13.2 Å². The van der Waals surface area contributed by atoms with E-state index in [1.165, 1.54) is 0 Å². The van der Waals surface area contributed by atoms with Crippen LogP contribution >= 0.6 is 0 Å². The molecule has 1 atom stereocenters. The Labute approximate surface area is 118 Å². The summed E-state index contributed by atoms with van der Waals surface area (Å²) in [4.78, 5) is 17.9. The zero-order valence-electron chi connectivity index (χ0n) is 12.1. The van der Waals surface area contributed by atoms with Crippen molar-refractivity contribution in [1.82, 2.24) is 10.3 Å². The van der Waals surface area contributed by atoms with Crippen LogP contribution in [-0.2, 0) is 4.79 Å². The zero-order valence-corrected chi connectivity index (χ0v) is 12.1. The fourth-order valence-electron chi connectivity index (χ4n) is 2.34. The molecule has 0 aliphatic heterocycles. The highest BCUT2D eigenvalue weighted by molar-refractivity contribution is 5.97. The Kier molecular flexibility index (Phi) is 4.08. The molecule has 0 aliphatic carbocycles. The van der Waals surface area contributed by atoms with E-state index in [-0.39, 0.29) is 11.8 Å². The number of carbonyl (C=O) groups excluding carboxylic acids is 1. The molecule has 0 radical (unpaired) electrons.